The Kier molecular flexibility index (Phi) is 7.58. The minimum atomic E-state index is -0.0962. The van der Waals surface area contributed by atoms with Crippen LogP contribution in [-0.2, 0) is 6.54 Å². The third-order valence-electron chi connectivity index (χ3n) is 4.91. The Labute approximate surface area is 188 Å². The summed E-state index contributed by atoms with van der Waals surface area (Å²) in [4.78, 5) is 14.6. The van der Waals surface area contributed by atoms with E-state index >= 15 is 0 Å². The van der Waals surface area contributed by atoms with Gasteiger partial charge in [0.1, 0.15) is 5.75 Å². The molecule has 2 amide bonds. The van der Waals surface area contributed by atoms with Gasteiger partial charge in [0, 0.05) is 17.6 Å². The van der Waals surface area contributed by atoms with Crippen LogP contribution in [0.2, 0.25) is 5.02 Å². The number of amides is 2. The molecule has 0 atom stereocenters. The second kappa shape index (κ2) is 10.4. The van der Waals surface area contributed by atoms with E-state index in [-0.39, 0.29) is 12.1 Å². The lowest BCUT2D eigenvalue weighted by molar-refractivity contribution is 0.179. The molecule has 0 saturated heterocycles. The normalized spacial score (nSPS) is 10.9. The van der Waals surface area contributed by atoms with Crippen molar-refractivity contribution >= 4 is 17.6 Å². The lowest BCUT2D eigenvalue weighted by Gasteiger charge is -2.27. The summed E-state index contributed by atoms with van der Waals surface area (Å²) in [5.74, 6) is 1.23. The Hall–Kier alpha value is -2.99. The van der Waals surface area contributed by atoms with Crippen molar-refractivity contribution in [2.75, 3.05) is 6.54 Å². The number of benzene rings is 2. The number of aromatic nitrogens is 2. The molecule has 6 nitrogen and oxygen atoms in total. The zero-order valence-electron chi connectivity index (χ0n) is 18.4. The van der Waals surface area contributed by atoms with Crippen LogP contribution in [0.3, 0.4) is 0 Å². The molecule has 0 bridgehead atoms. The molecule has 3 rings (SSSR count). The van der Waals surface area contributed by atoms with Crippen LogP contribution in [0.4, 0.5) is 4.79 Å². The van der Waals surface area contributed by atoms with Crippen molar-refractivity contribution in [1.29, 1.82) is 0 Å². The molecule has 0 saturated carbocycles. The highest BCUT2D eigenvalue weighted by Gasteiger charge is 2.25. The second-order valence-corrected chi connectivity index (χ2v) is 8.06. The standard InChI is InChI=1S/C24H29ClN4O2/c1-5-15-26-24(30)28(17(2)3)16-22-18(4)27-29(20-9-7-6-8-10-20)23(22)31-21-13-11-19(25)12-14-21/h6-14,17H,5,15-16H2,1-4H3,(H,26,30). The van der Waals surface area contributed by atoms with Crippen LogP contribution in [0, 0.1) is 6.92 Å². The minimum absolute atomic E-state index is 0.0136. The average molecular weight is 441 g/mol. The molecule has 0 radical (unpaired) electrons. The fraction of sp³-hybridized carbons (Fsp3) is 0.333. The van der Waals surface area contributed by atoms with Gasteiger partial charge in [-0.25, -0.2) is 9.48 Å². The molecule has 3 aromatic rings. The van der Waals surface area contributed by atoms with Crippen molar-refractivity contribution < 1.29 is 9.53 Å². The number of carbonyl (C=O) groups is 1. The first-order chi connectivity index (χ1) is 14.9. The number of aryl methyl sites for hydroxylation is 1. The fourth-order valence-corrected chi connectivity index (χ4v) is 3.30. The van der Waals surface area contributed by atoms with Gasteiger partial charge in [0.05, 0.1) is 23.5 Å². The molecule has 1 aromatic heterocycles. The lowest BCUT2D eigenvalue weighted by Crippen LogP contribution is -2.43. The van der Waals surface area contributed by atoms with Crippen molar-refractivity contribution in [2.24, 2.45) is 0 Å². The van der Waals surface area contributed by atoms with Gasteiger partial charge in [0.15, 0.2) is 0 Å². The van der Waals surface area contributed by atoms with Crippen molar-refractivity contribution in [1.82, 2.24) is 20.0 Å². The molecule has 0 aliphatic carbocycles. The van der Waals surface area contributed by atoms with Gasteiger partial charge in [0.25, 0.3) is 0 Å². The molecular formula is C24H29ClN4O2. The van der Waals surface area contributed by atoms with Gasteiger partial charge in [-0.1, -0.05) is 36.7 Å². The Morgan fingerprint density at radius 3 is 2.45 bits per heavy atom. The van der Waals surface area contributed by atoms with E-state index in [1.54, 1.807) is 21.7 Å². The molecule has 0 fully saturated rings. The van der Waals surface area contributed by atoms with E-state index in [0.29, 0.717) is 29.7 Å². The highest BCUT2D eigenvalue weighted by Crippen LogP contribution is 2.32. The zero-order chi connectivity index (χ0) is 22.4. The number of rotatable bonds is 8. The van der Waals surface area contributed by atoms with Crippen LogP contribution in [0.1, 0.15) is 38.4 Å². The summed E-state index contributed by atoms with van der Waals surface area (Å²) < 4.78 is 8.08. The maximum atomic E-state index is 12.8. The number of para-hydroxylation sites is 1. The molecule has 0 spiro atoms. The minimum Gasteiger partial charge on any atom is -0.439 e. The maximum Gasteiger partial charge on any atom is 0.317 e. The van der Waals surface area contributed by atoms with Gasteiger partial charge in [0.2, 0.25) is 5.88 Å². The van der Waals surface area contributed by atoms with Crippen LogP contribution >= 0.6 is 11.6 Å². The number of hydrogen-bond donors (Lipinski definition) is 1. The van der Waals surface area contributed by atoms with Gasteiger partial charge in [-0.2, -0.15) is 5.10 Å². The van der Waals surface area contributed by atoms with Gasteiger partial charge in [-0.05, 0) is 63.6 Å². The quantitative estimate of drug-likeness (QED) is 0.470. The number of hydrogen-bond acceptors (Lipinski definition) is 3. The molecule has 0 aliphatic rings. The molecule has 164 valence electrons. The van der Waals surface area contributed by atoms with Crippen molar-refractivity contribution in [2.45, 2.75) is 46.7 Å². The molecule has 1 heterocycles. The second-order valence-electron chi connectivity index (χ2n) is 7.63. The van der Waals surface area contributed by atoms with E-state index in [0.717, 1.165) is 23.4 Å². The van der Waals surface area contributed by atoms with Crippen LogP contribution in [0.5, 0.6) is 11.6 Å². The highest BCUT2D eigenvalue weighted by atomic mass is 35.5. The first kappa shape index (κ1) is 22.7. The third-order valence-corrected chi connectivity index (χ3v) is 5.16. The van der Waals surface area contributed by atoms with Gasteiger partial charge in [-0.3, -0.25) is 0 Å². The third kappa shape index (κ3) is 5.58. The number of carbonyl (C=O) groups excluding carboxylic acids is 1. The monoisotopic (exact) mass is 440 g/mol. The molecular weight excluding hydrogens is 412 g/mol. The molecule has 31 heavy (non-hydrogen) atoms. The largest absolute Gasteiger partial charge is 0.439 e. The van der Waals surface area contributed by atoms with Crippen molar-refractivity contribution in [3.05, 3.63) is 70.9 Å². The van der Waals surface area contributed by atoms with E-state index in [2.05, 4.69) is 5.32 Å². The van der Waals surface area contributed by atoms with Crippen molar-refractivity contribution in [3.8, 4) is 17.3 Å². The summed E-state index contributed by atoms with van der Waals surface area (Å²) in [6, 6.07) is 16.9. The molecule has 0 unspecified atom stereocenters. The van der Waals surface area contributed by atoms with Crippen molar-refractivity contribution in [3.63, 3.8) is 0 Å². The average Bonchev–Trinajstić information content (AvgIpc) is 3.07. The number of nitrogens with one attached hydrogen (secondary N) is 1. The van der Waals surface area contributed by atoms with E-state index in [9.17, 15) is 4.79 Å². The summed E-state index contributed by atoms with van der Waals surface area (Å²) in [5.41, 5.74) is 2.55. The molecule has 1 N–H and O–H groups in total. The number of ether oxygens (including phenoxy) is 1. The van der Waals surface area contributed by atoms with Crippen LogP contribution in [0.25, 0.3) is 5.69 Å². The van der Waals surface area contributed by atoms with E-state index in [1.807, 2.05) is 70.2 Å². The van der Waals surface area contributed by atoms with E-state index < -0.39 is 0 Å². The predicted octanol–water partition coefficient (Wildman–Crippen LogP) is 5.96. The number of urea groups is 1. The van der Waals surface area contributed by atoms with Gasteiger partial charge >= 0.3 is 6.03 Å². The summed E-state index contributed by atoms with van der Waals surface area (Å²) >= 11 is 6.03. The summed E-state index contributed by atoms with van der Waals surface area (Å²) in [6.07, 6.45) is 0.883. The summed E-state index contributed by atoms with van der Waals surface area (Å²) in [6.45, 7) is 9.00. The fourth-order valence-electron chi connectivity index (χ4n) is 3.18. The molecule has 2 aromatic carbocycles. The smallest absolute Gasteiger partial charge is 0.317 e. The highest BCUT2D eigenvalue weighted by molar-refractivity contribution is 6.30. The Morgan fingerprint density at radius 1 is 1.16 bits per heavy atom. The van der Waals surface area contributed by atoms with Gasteiger partial charge < -0.3 is 15.0 Å². The first-order valence-corrected chi connectivity index (χ1v) is 10.9. The first-order valence-electron chi connectivity index (χ1n) is 10.5. The Morgan fingerprint density at radius 2 is 1.84 bits per heavy atom. The van der Waals surface area contributed by atoms with Crippen LogP contribution < -0.4 is 10.1 Å². The van der Waals surface area contributed by atoms with Crippen LogP contribution in [0.15, 0.2) is 54.6 Å². The number of halogens is 1. The summed E-state index contributed by atoms with van der Waals surface area (Å²) in [7, 11) is 0. The number of nitrogens with zero attached hydrogens (tertiary/aromatic N) is 3. The SMILES string of the molecule is CCCNC(=O)N(Cc1c(C)nn(-c2ccccc2)c1Oc1ccc(Cl)cc1)C(C)C. The molecule has 7 heteroatoms. The summed E-state index contributed by atoms with van der Waals surface area (Å²) in [5, 5.41) is 8.35. The maximum absolute atomic E-state index is 12.8. The van der Waals surface area contributed by atoms with E-state index in [4.69, 9.17) is 21.4 Å². The lowest BCUT2D eigenvalue weighted by atomic mass is 10.2. The van der Waals surface area contributed by atoms with Gasteiger partial charge in [-0.15, -0.1) is 0 Å². The zero-order valence-corrected chi connectivity index (χ0v) is 19.2. The molecule has 0 aliphatic heterocycles. The predicted molar refractivity (Wildman–Crippen MR) is 124 cm³/mol. The van der Waals surface area contributed by atoms with E-state index in [1.165, 1.54) is 0 Å². The Balaban J connectivity index is 2.02. The topological polar surface area (TPSA) is 59.4 Å². The Bertz CT molecular complexity index is 1000. The van der Waals surface area contributed by atoms with Crippen LogP contribution in [-0.4, -0.2) is 33.3 Å².